The number of benzene rings is 1. The summed E-state index contributed by atoms with van der Waals surface area (Å²) in [5, 5.41) is 3.07. The fourth-order valence-electron chi connectivity index (χ4n) is 3.67. The number of rotatable bonds is 8. The molecule has 0 radical (unpaired) electrons. The van der Waals surface area contributed by atoms with E-state index in [0.717, 1.165) is 30.6 Å². The van der Waals surface area contributed by atoms with Crippen LogP contribution in [0.5, 0.6) is 5.75 Å². The molecule has 1 heterocycles. The largest absolute Gasteiger partial charge is 0.497 e. The number of pyridine rings is 1. The molecule has 1 aliphatic carbocycles. The maximum atomic E-state index is 13.0. The Bertz CT molecular complexity index is 973. The predicted molar refractivity (Wildman–Crippen MR) is 122 cm³/mol. The van der Waals surface area contributed by atoms with Crippen molar-refractivity contribution in [1.82, 2.24) is 10.3 Å². The molecule has 2 atom stereocenters. The van der Waals surface area contributed by atoms with Crippen LogP contribution in [-0.2, 0) is 11.3 Å². The van der Waals surface area contributed by atoms with E-state index in [4.69, 9.17) is 20.9 Å². The van der Waals surface area contributed by atoms with Gasteiger partial charge in [0.05, 0.1) is 31.4 Å². The minimum absolute atomic E-state index is 0.0701. The molecule has 0 saturated heterocycles. The van der Waals surface area contributed by atoms with Gasteiger partial charge in [0, 0.05) is 36.8 Å². The molecule has 1 aromatic carbocycles. The molecule has 164 valence electrons. The van der Waals surface area contributed by atoms with Crippen LogP contribution >= 0.6 is 0 Å². The first-order chi connectivity index (χ1) is 15.0. The molecule has 1 aliphatic rings. The van der Waals surface area contributed by atoms with Crippen LogP contribution in [0.15, 0.2) is 47.7 Å². The first-order valence-electron chi connectivity index (χ1n) is 10.2. The van der Waals surface area contributed by atoms with Crippen LogP contribution < -0.4 is 21.5 Å². The number of hydrogen-bond donors (Lipinski definition) is 3. The third-order valence-electron chi connectivity index (χ3n) is 5.31. The summed E-state index contributed by atoms with van der Waals surface area (Å²) < 4.78 is 11.4. The van der Waals surface area contributed by atoms with Crippen molar-refractivity contribution in [3.05, 3.63) is 59.4 Å². The van der Waals surface area contributed by atoms with Crippen LogP contribution in [-0.4, -0.2) is 43.4 Å². The van der Waals surface area contributed by atoms with Crippen molar-refractivity contribution in [1.29, 1.82) is 0 Å². The monoisotopic (exact) mass is 423 g/mol. The van der Waals surface area contributed by atoms with E-state index in [9.17, 15) is 4.79 Å². The fourth-order valence-corrected chi connectivity index (χ4v) is 3.67. The Labute approximate surface area is 182 Å². The van der Waals surface area contributed by atoms with Crippen molar-refractivity contribution < 1.29 is 14.3 Å². The maximum Gasteiger partial charge on any atom is 0.255 e. The van der Waals surface area contributed by atoms with Crippen LogP contribution in [0.4, 0.5) is 5.82 Å². The second-order valence-electron chi connectivity index (χ2n) is 7.38. The van der Waals surface area contributed by atoms with Crippen LogP contribution in [0, 0.1) is 0 Å². The lowest BCUT2D eigenvalue weighted by molar-refractivity contribution is 0.0271. The topological polar surface area (TPSA) is 125 Å². The number of carbonyl (C=O) groups excluding carboxylic acids is 1. The highest BCUT2D eigenvalue weighted by atomic mass is 16.5. The summed E-state index contributed by atoms with van der Waals surface area (Å²) in [4.78, 5) is 21.1. The van der Waals surface area contributed by atoms with Gasteiger partial charge in [0.25, 0.3) is 5.91 Å². The van der Waals surface area contributed by atoms with Crippen LogP contribution in [0.1, 0.15) is 40.7 Å². The average molecular weight is 424 g/mol. The summed E-state index contributed by atoms with van der Waals surface area (Å²) in [7, 11) is 3.28. The summed E-state index contributed by atoms with van der Waals surface area (Å²) in [5.74, 6) is 0.677. The summed E-state index contributed by atoms with van der Waals surface area (Å²) in [6.07, 6.45) is 7.24. The molecule has 1 aromatic heterocycles. The van der Waals surface area contributed by atoms with Crippen molar-refractivity contribution in [3.63, 3.8) is 0 Å². The standard InChI is InChI=1S/C23H29N5O3/c1-26-12-17(11-24)16-10-19(22(25)27-13-16)23(29)28-20-7-4-8-21(20)31-14-15-5-3-6-18(9-15)30-2/h3,5-6,9-13,20-21H,4,7-8,14,24H2,1-2H3,(H2,25,27)(H,28,29)/t20-,21-/m1/s1. The molecule has 0 bridgehead atoms. The van der Waals surface area contributed by atoms with E-state index in [1.807, 2.05) is 24.3 Å². The van der Waals surface area contributed by atoms with Gasteiger partial charge in [-0.1, -0.05) is 12.1 Å². The SMILES string of the molecule is CN=CC(=CN)c1cnc(N)c(C(=O)N[C@@H]2CCC[C@H]2OCc2cccc(OC)c2)c1. The maximum absolute atomic E-state index is 13.0. The zero-order chi connectivity index (χ0) is 22.2. The second kappa shape index (κ2) is 10.6. The van der Waals surface area contributed by atoms with E-state index in [1.54, 1.807) is 32.6 Å². The first kappa shape index (κ1) is 22.3. The number of carbonyl (C=O) groups is 1. The van der Waals surface area contributed by atoms with E-state index in [0.29, 0.717) is 23.3 Å². The van der Waals surface area contributed by atoms with Gasteiger partial charge in [-0.2, -0.15) is 0 Å². The normalized spacial score (nSPS) is 19.0. The highest BCUT2D eigenvalue weighted by Crippen LogP contribution is 2.25. The van der Waals surface area contributed by atoms with Gasteiger partial charge in [-0.25, -0.2) is 4.98 Å². The Balaban J connectivity index is 1.67. The van der Waals surface area contributed by atoms with E-state index in [1.165, 1.54) is 6.20 Å². The number of hydrogen-bond acceptors (Lipinski definition) is 7. The van der Waals surface area contributed by atoms with E-state index in [-0.39, 0.29) is 23.9 Å². The lowest BCUT2D eigenvalue weighted by atomic mass is 10.1. The molecule has 1 amide bonds. The molecule has 8 heteroatoms. The highest BCUT2D eigenvalue weighted by Gasteiger charge is 2.30. The third kappa shape index (κ3) is 5.61. The van der Waals surface area contributed by atoms with Gasteiger partial charge in [0.2, 0.25) is 0 Å². The number of nitrogens with zero attached hydrogens (tertiary/aromatic N) is 2. The van der Waals surface area contributed by atoms with Crippen LogP contribution in [0.3, 0.4) is 0 Å². The van der Waals surface area contributed by atoms with Crippen LogP contribution in [0.25, 0.3) is 5.57 Å². The van der Waals surface area contributed by atoms with Gasteiger partial charge in [-0.3, -0.25) is 9.79 Å². The molecular formula is C23H29N5O3. The summed E-state index contributed by atoms with van der Waals surface area (Å²) >= 11 is 0. The molecule has 5 N–H and O–H groups in total. The number of nitrogen functional groups attached to an aromatic ring is 1. The van der Waals surface area contributed by atoms with Gasteiger partial charge in [-0.05, 0) is 43.0 Å². The lowest BCUT2D eigenvalue weighted by Gasteiger charge is -2.22. The Morgan fingerprint density at radius 3 is 2.94 bits per heavy atom. The smallest absolute Gasteiger partial charge is 0.255 e. The number of nitrogens with two attached hydrogens (primary N) is 2. The molecule has 31 heavy (non-hydrogen) atoms. The zero-order valence-electron chi connectivity index (χ0n) is 17.9. The molecule has 8 nitrogen and oxygen atoms in total. The number of aromatic nitrogens is 1. The number of allylic oxidation sites excluding steroid dienone is 1. The summed E-state index contributed by atoms with van der Waals surface area (Å²) in [6, 6.07) is 9.35. The molecule has 2 aromatic rings. The molecule has 0 spiro atoms. The summed E-state index contributed by atoms with van der Waals surface area (Å²) in [6.45, 7) is 0.453. The molecule has 1 fully saturated rings. The second-order valence-corrected chi connectivity index (χ2v) is 7.38. The predicted octanol–water partition coefficient (Wildman–Crippen LogP) is 2.54. The number of methoxy groups -OCH3 is 1. The van der Waals surface area contributed by atoms with Gasteiger partial charge >= 0.3 is 0 Å². The summed E-state index contributed by atoms with van der Waals surface area (Å²) in [5.41, 5.74) is 14.3. The van der Waals surface area contributed by atoms with Gasteiger partial charge in [0.15, 0.2) is 0 Å². The van der Waals surface area contributed by atoms with Crippen molar-refractivity contribution in [2.75, 3.05) is 19.9 Å². The number of amides is 1. The van der Waals surface area contributed by atoms with E-state index in [2.05, 4.69) is 15.3 Å². The molecule has 1 saturated carbocycles. The van der Waals surface area contributed by atoms with Crippen molar-refractivity contribution in [3.8, 4) is 5.75 Å². The third-order valence-corrected chi connectivity index (χ3v) is 5.31. The van der Waals surface area contributed by atoms with E-state index < -0.39 is 0 Å². The minimum Gasteiger partial charge on any atom is -0.497 e. The van der Waals surface area contributed by atoms with Gasteiger partial charge in [0.1, 0.15) is 11.6 Å². The number of anilines is 1. The Morgan fingerprint density at radius 1 is 1.35 bits per heavy atom. The average Bonchev–Trinajstić information content (AvgIpc) is 3.23. The van der Waals surface area contributed by atoms with Crippen LogP contribution in [0.2, 0.25) is 0 Å². The van der Waals surface area contributed by atoms with Crippen molar-refractivity contribution in [2.24, 2.45) is 10.7 Å². The zero-order valence-corrected chi connectivity index (χ0v) is 17.9. The lowest BCUT2D eigenvalue weighted by Crippen LogP contribution is -2.41. The minimum atomic E-state index is -0.279. The number of nitrogens with one attached hydrogen (secondary N) is 1. The Hall–Kier alpha value is -3.39. The molecular weight excluding hydrogens is 394 g/mol. The van der Waals surface area contributed by atoms with Gasteiger partial charge in [-0.15, -0.1) is 0 Å². The fraction of sp³-hybridized carbons (Fsp3) is 0.348. The number of aliphatic imine (C=N–C) groups is 1. The first-order valence-corrected chi connectivity index (χ1v) is 10.2. The highest BCUT2D eigenvalue weighted by molar-refractivity contribution is 6.10. The molecule has 0 aliphatic heterocycles. The van der Waals surface area contributed by atoms with E-state index >= 15 is 0 Å². The Kier molecular flexibility index (Phi) is 7.61. The molecule has 0 unspecified atom stereocenters. The van der Waals surface area contributed by atoms with Crippen molar-refractivity contribution >= 4 is 23.5 Å². The molecule has 3 rings (SSSR count). The Morgan fingerprint density at radius 2 is 2.19 bits per heavy atom. The van der Waals surface area contributed by atoms with Crippen molar-refractivity contribution in [2.45, 2.75) is 38.0 Å². The quantitative estimate of drug-likeness (QED) is 0.561. The van der Waals surface area contributed by atoms with Gasteiger partial charge < -0.3 is 26.3 Å². The number of ether oxygens (including phenoxy) is 2.